The minimum absolute atomic E-state index is 0. The largest absolute Gasteiger partial charge is 0.369 e. The molecule has 0 atom stereocenters. The molecule has 5 saturated heterocycles. The van der Waals surface area contributed by atoms with Crippen LogP contribution in [-0.4, -0.2) is 193 Å². The van der Waals surface area contributed by atoms with Crippen LogP contribution in [0.4, 0.5) is 0 Å². The first-order valence-corrected chi connectivity index (χ1v) is 19.7. The third kappa shape index (κ3) is 30.1. The van der Waals surface area contributed by atoms with Crippen LogP contribution in [0, 0.1) is 0 Å². The van der Waals surface area contributed by atoms with E-state index in [0.717, 1.165) is 6.73 Å². The molecule has 5 aliphatic rings. The lowest BCUT2D eigenvalue weighted by molar-refractivity contribution is 0.0507. The van der Waals surface area contributed by atoms with Crippen molar-refractivity contribution >= 4 is 0 Å². The minimum atomic E-state index is 0. The number of piperazine rings is 3. The molecule has 0 unspecified atom stereocenters. The summed E-state index contributed by atoms with van der Waals surface area (Å²) < 4.78 is 5.01. The normalized spacial score (nSPS) is 21.2. The molecule has 5 fully saturated rings. The fourth-order valence-electron chi connectivity index (χ4n) is 6.61. The molecule has 0 bridgehead atoms. The molecule has 9 heteroatoms. The van der Waals surface area contributed by atoms with Crippen LogP contribution in [0.2, 0.25) is 0 Å². The third-order valence-electron chi connectivity index (χ3n) is 9.90. The molecule has 5 rings (SSSR count). The van der Waals surface area contributed by atoms with Gasteiger partial charge in [-0.2, -0.15) is 0 Å². The predicted octanol–water partition coefficient (Wildman–Crippen LogP) is 6.70. The van der Waals surface area contributed by atoms with Crippen molar-refractivity contribution in [3.05, 3.63) is 0 Å². The van der Waals surface area contributed by atoms with Crippen molar-refractivity contribution in [3.63, 3.8) is 0 Å². The summed E-state index contributed by atoms with van der Waals surface area (Å²) in [5, 5.41) is 3.33. The van der Waals surface area contributed by atoms with Crippen molar-refractivity contribution in [2.75, 3.05) is 158 Å². The Morgan fingerprint density at radius 3 is 1.10 bits per heavy atom. The van der Waals surface area contributed by atoms with Gasteiger partial charge in [0.2, 0.25) is 0 Å². The Hall–Kier alpha value is -0.360. The summed E-state index contributed by atoms with van der Waals surface area (Å²) in [5.41, 5.74) is 0. The molecule has 50 heavy (non-hydrogen) atoms. The monoisotopic (exact) mass is 719 g/mol. The van der Waals surface area contributed by atoms with Crippen molar-refractivity contribution in [2.24, 2.45) is 0 Å². The zero-order valence-electron chi connectivity index (χ0n) is 32.3. The molecule has 0 aromatic heterocycles. The highest BCUT2D eigenvalue weighted by Crippen LogP contribution is 2.08. The summed E-state index contributed by atoms with van der Waals surface area (Å²) in [6, 6.07) is 0. The van der Waals surface area contributed by atoms with Gasteiger partial charge in [0.15, 0.2) is 0 Å². The maximum Gasteiger partial charge on any atom is 0.0986 e. The average molecular weight is 719 g/mol. The number of ether oxygens (including phenoxy) is 1. The molecule has 0 radical (unpaired) electrons. The number of nitrogens with one attached hydrogen (secondary N) is 1. The van der Waals surface area contributed by atoms with E-state index >= 15 is 0 Å². The van der Waals surface area contributed by atoms with Crippen LogP contribution in [0.25, 0.3) is 0 Å². The Labute approximate surface area is 317 Å². The fraction of sp³-hybridized carbons (Fsp3) is 1.00. The highest BCUT2D eigenvalue weighted by molar-refractivity contribution is 4.70. The molecule has 1 N–H and O–H groups in total. The lowest BCUT2D eigenvalue weighted by Gasteiger charge is -2.33. The zero-order chi connectivity index (χ0) is 33.7. The molecular weight excluding hydrogens is 621 g/mol. The van der Waals surface area contributed by atoms with Crippen molar-refractivity contribution in [2.45, 2.75) is 116 Å². The van der Waals surface area contributed by atoms with Crippen molar-refractivity contribution in [3.8, 4) is 0 Å². The Morgan fingerprint density at radius 2 is 0.760 bits per heavy atom. The van der Waals surface area contributed by atoms with Crippen LogP contribution in [0.1, 0.15) is 116 Å². The zero-order valence-corrected chi connectivity index (χ0v) is 32.3. The second-order valence-electron chi connectivity index (χ2n) is 13.7. The van der Waals surface area contributed by atoms with E-state index < -0.39 is 0 Å². The molecule has 5 heterocycles. The van der Waals surface area contributed by atoms with Crippen molar-refractivity contribution < 1.29 is 4.74 Å². The van der Waals surface area contributed by atoms with E-state index in [1.165, 1.54) is 189 Å². The molecular formula is C41H98N8O. The maximum atomic E-state index is 5.01. The van der Waals surface area contributed by atoms with Gasteiger partial charge < -0.3 is 39.5 Å². The first-order chi connectivity index (χ1) is 22.5. The summed E-state index contributed by atoms with van der Waals surface area (Å²) in [4.78, 5) is 17.3. The Bertz CT molecular complexity index is 574. The molecule has 0 aromatic rings. The number of methoxy groups -OCH3 is 1. The summed E-state index contributed by atoms with van der Waals surface area (Å²) in [6.07, 6.45) is 11.0. The van der Waals surface area contributed by atoms with Crippen LogP contribution >= 0.6 is 0 Å². The molecule has 0 amide bonds. The van der Waals surface area contributed by atoms with Gasteiger partial charge in [0.05, 0.1) is 6.73 Å². The molecule has 308 valence electrons. The highest BCUT2D eigenvalue weighted by Gasteiger charge is 2.13. The topological polar surface area (TPSA) is 43.9 Å². The second kappa shape index (κ2) is 39.8. The SMILES string of the molecule is C.C.C.C.CCCN1CCN(C)CC1.CCCN1CCNCC1.CCN1CCCCC1.CCN1CCN(CC)CC1.COCN1CCCCC1. The number of nitrogens with zero attached hydrogens (tertiary/aromatic N) is 7. The molecule has 9 nitrogen and oxygen atoms in total. The minimum Gasteiger partial charge on any atom is -0.369 e. The summed E-state index contributed by atoms with van der Waals surface area (Å²) in [5.74, 6) is 0. The number of hydrogen-bond acceptors (Lipinski definition) is 9. The predicted molar refractivity (Wildman–Crippen MR) is 228 cm³/mol. The van der Waals surface area contributed by atoms with Crippen molar-refractivity contribution in [1.29, 1.82) is 0 Å². The maximum absolute atomic E-state index is 5.01. The average Bonchev–Trinajstić information content (AvgIpc) is 3.12. The van der Waals surface area contributed by atoms with E-state index in [0.29, 0.717) is 0 Å². The van der Waals surface area contributed by atoms with Gasteiger partial charge >= 0.3 is 0 Å². The van der Waals surface area contributed by atoms with Gasteiger partial charge in [0.25, 0.3) is 0 Å². The quantitative estimate of drug-likeness (QED) is 0.281. The van der Waals surface area contributed by atoms with E-state index in [9.17, 15) is 0 Å². The molecule has 0 saturated carbocycles. The van der Waals surface area contributed by atoms with E-state index in [-0.39, 0.29) is 29.7 Å². The first-order valence-electron chi connectivity index (χ1n) is 19.7. The van der Waals surface area contributed by atoms with Crippen LogP contribution in [-0.2, 0) is 4.74 Å². The van der Waals surface area contributed by atoms with Crippen LogP contribution in [0.3, 0.4) is 0 Å². The number of piperidine rings is 2. The van der Waals surface area contributed by atoms with Crippen LogP contribution in [0.5, 0.6) is 0 Å². The van der Waals surface area contributed by atoms with Gasteiger partial charge in [-0.1, -0.05) is 77.2 Å². The fourth-order valence-corrected chi connectivity index (χ4v) is 6.61. The Morgan fingerprint density at radius 1 is 0.420 bits per heavy atom. The summed E-state index contributed by atoms with van der Waals surface area (Å²) in [6.45, 7) is 38.4. The number of rotatable bonds is 9. The van der Waals surface area contributed by atoms with Gasteiger partial charge in [-0.15, -0.1) is 0 Å². The van der Waals surface area contributed by atoms with Gasteiger partial charge in [-0.3, -0.25) is 4.90 Å². The lowest BCUT2D eigenvalue weighted by Crippen LogP contribution is -2.45. The molecule has 0 aliphatic carbocycles. The second-order valence-corrected chi connectivity index (χ2v) is 13.7. The van der Waals surface area contributed by atoms with E-state index in [1.54, 1.807) is 7.11 Å². The van der Waals surface area contributed by atoms with Gasteiger partial charge in [0.1, 0.15) is 0 Å². The standard InChI is InChI=1S/2C8H18N2.C7H16N2.C7H15NO.C7H15N.4CH4/c1-3-4-10-7-5-9(2)6-8-10;1-3-9-5-7-10(4-2)8-6-9;1-2-5-9-6-3-8-4-7-9;1-9-7-8-5-3-2-4-6-8;1-2-8-6-4-3-5-7-8;;;;/h2*3-8H2,1-2H3;8H,2-7H2,1H3;2-7H2,1H3;2-7H2,1H3;4*1H4. The van der Waals surface area contributed by atoms with E-state index in [1.807, 2.05) is 0 Å². The van der Waals surface area contributed by atoms with E-state index in [2.05, 4.69) is 81.3 Å². The van der Waals surface area contributed by atoms with Gasteiger partial charge in [-0.05, 0) is 91.4 Å². The number of hydrogen-bond donors (Lipinski definition) is 1. The van der Waals surface area contributed by atoms with Crippen LogP contribution < -0.4 is 5.32 Å². The van der Waals surface area contributed by atoms with Crippen LogP contribution in [0.15, 0.2) is 0 Å². The summed E-state index contributed by atoms with van der Waals surface area (Å²) in [7, 11) is 3.96. The van der Waals surface area contributed by atoms with Crippen molar-refractivity contribution in [1.82, 2.24) is 39.6 Å². The lowest BCUT2D eigenvalue weighted by atomic mass is 10.1. The Kier molecular flexibility index (Phi) is 44.9. The molecule has 5 aliphatic heterocycles. The molecule has 0 aromatic carbocycles. The van der Waals surface area contributed by atoms with Gasteiger partial charge in [0, 0.05) is 98.7 Å². The summed E-state index contributed by atoms with van der Waals surface area (Å²) >= 11 is 0. The number of likely N-dealkylation sites (N-methyl/N-ethyl adjacent to an activating group) is 3. The van der Waals surface area contributed by atoms with E-state index in [4.69, 9.17) is 4.74 Å². The van der Waals surface area contributed by atoms with Gasteiger partial charge in [-0.25, -0.2) is 0 Å². The number of likely N-dealkylation sites (tertiary alicyclic amines) is 2. The Balaban J connectivity index is -0.000000260. The highest BCUT2D eigenvalue weighted by atomic mass is 16.5. The molecule has 0 spiro atoms. The first kappa shape index (κ1) is 56.4. The third-order valence-corrected chi connectivity index (χ3v) is 9.90. The smallest absolute Gasteiger partial charge is 0.0986 e.